The molecule has 1 saturated heterocycles. The van der Waals surface area contributed by atoms with Gasteiger partial charge in [0.1, 0.15) is 5.82 Å². The molecule has 0 aromatic heterocycles. The number of halogens is 1. The number of methoxy groups -OCH3 is 1. The SMILES string of the molecule is CO[C@@H]1CC[C@@H]2[C@@H]1OCCN2Cc1ccccc1F. The first-order valence-corrected chi connectivity index (χ1v) is 6.91. The van der Waals surface area contributed by atoms with Crippen molar-refractivity contribution in [3.05, 3.63) is 35.6 Å². The van der Waals surface area contributed by atoms with Crippen molar-refractivity contribution in [1.29, 1.82) is 0 Å². The topological polar surface area (TPSA) is 21.7 Å². The van der Waals surface area contributed by atoms with E-state index in [1.165, 1.54) is 6.07 Å². The molecule has 1 aromatic rings. The predicted molar refractivity (Wildman–Crippen MR) is 70.4 cm³/mol. The first-order chi connectivity index (χ1) is 9.29. The third-order valence-electron chi connectivity index (χ3n) is 4.28. The molecular formula is C15H20FNO2. The van der Waals surface area contributed by atoms with E-state index in [-0.39, 0.29) is 18.0 Å². The van der Waals surface area contributed by atoms with Crippen molar-refractivity contribution in [2.24, 2.45) is 0 Å². The molecule has 3 rings (SSSR count). The Kier molecular flexibility index (Phi) is 3.82. The largest absolute Gasteiger partial charge is 0.379 e. The molecule has 0 bridgehead atoms. The van der Waals surface area contributed by atoms with E-state index >= 15 is 0 Å². The second-order valence-electron chi connectivity index (χ2n) is 5.32. The second-order valence-corrected chi connectivity index (χ2v) is 5.32. The summed E-state index contributed by atoms with van der Waals surface area (Å²) in [5, 5.41) is 0. The van der Waals surface area contributed by atoms with Crippen molar-refractivity contribution in [1.82, 2.24) is 4.90 Å². The second kappa shape index (κ2) is 5.57. The first kappa shape index (κ1) is 13.0. The van der Waals surface area contributed by atoms with E-state index in [0.717, 1.165) is 24.9 Å². The van der Waals surface area contributed by atoms with Gasteiger partial charge < -0.3 is 9.47 Å². The van der Waals surface area contributed by atoms with Crippen LogP contribution in [0.2, 0.25) is 0 Å². The van der Waals surface area contributed by atoms with Crippen molar-refractivity contribution >= 4 is 0 Å². The highest BCUT2D eigenvalue weighted by Gasteiger charge is 2.42. The monoisotopic (exact) mass is 265 g/mol. The highest BCUT2D eigenvalue weighted by Crippen LogP contribution is 2.32. The molecule has 0 spiro atoms. The van der Waals surface area contributed by atoms with Crippen LogP contribution in [0.15, 0.2) is 24.3 Å². The predicted octanol–water partition coefficient (Wildman–Crippen LogP) is 2.20. The summed E-state index contributed by atoms with van der Waals surface area (Å²) in [6.45, 7) is 2.23. The van der Waals surface area contributed by atoms with Crippen LogP contribution in [0, 0.1) is 5.82 Å². The number of nitrogens with zero attached hydrogens (tertiary/aromatic N) is 1. The van der Waals surface area contributed by atoms with Crippen LogP contribution in [0.25, 0.3) is 0 Å². The van der Waals surface area contributed by atoms with Gasteiger partial charge in [0.25, 0.3) is 0 Å². The molecule has 1 saturated carbocycles. The van der Waals surface area contributed by atoms with Crippen LogP contribution in [-0.2, 0) is 16.0 Å². The molecule has 1 aromatic carbocycles. The summed E-state index contributed by atoms with van der Waals surface area (Å²) in [7, 11) is 1.74. The summed E-state index contributed by atoms with van der Waals surface area (Å²) in [5.74, 6) is -0.119. The zero-order chi connectivity index (χ0) is 13.2. The minimum absolute atomic E-state index is 0.119. The van der Waals surface area contributed by atoms with Gasteiger partial charge in [-0.1, -0.05) is 18.2 Å². The highest BCUT2D eigenvalue weighted by molar-refractivity contribution is 5.17. The average Bonchev–Trinajstić information content (AvgIpc) is 2.85. The summed E-state index contributed by atoms with van der Waals surface area (Å²) in [5.41, 5.74) is 0.768. The van der Waals surface area contributed by atoms with Gasteiger partial charge in [0, 0.05) is 31.8 Å². The molecule has 1 heterocycles. The molecule has 1 aliphatic heterocycles. The van der Waals surface area contributed by atoms with E-state index < -0.39 is 0 Å². The average molecular weight is 265 g/mol. The van der Waals surface area contributed by atoms with Crippen molar-refractivity contribution in [3.63, 3.8) is 0 Å². The molecule has 2 aliphatic rings. The van der Waals surface area contributed by atoms with Gasteiger partial charge in [-0.05, 0) is 18.9 Å². The molecule has 4 heteroatoms. The fraction of sp³-hybridized carbons (Fsp3) is 0.600. The van der Waals surface area contributed by atoms with E-state index in [9.17, 15) is 4.39 Å². The Balaban J connectivity index is 1.73. The van der Waals surface area contributed by atoms with Crippen LogP contribution in [0.1, 0.15) is 18.4 Å². The molecule has 0 N–H and O–H groups in total. The zero-order valence-corrected chi connectivity index (χ0v) is 11.2. The molecule has 2 fully saturated rings. The molecule has 0 unspecified atom stereocenters. The van der Waals surface area contributed by atoms with E-state index in [0.29, 0.717) is 19.2 Å². The summed E-state index contributed by atoms with van der Waals surface area (Å²) >= 11 is 0. The Hall–Kier alpha value is -0.970. The number of ether oxygens (including phenoxy) is 2. The zero-order valence-electron chi connectivity index (χ0n) is 11.2. The maximum atomic E-state index is 13.7. The van der Waals surface area contributed by atoms with Gasteiger partial charge in [0.2, 0.25) is 0 Å². The Morgan fingerprint density at radius 3 is 3.00 bits per heavy atom. The Morgan fingerprint density at radius 2 is 2.21 bits per heavy atom. The fourth-order valence-corrected chi connectivity index (χ4v) is 3.29. The summed E-state index contributed by atoms with van der Waals surface area (Å²) in [6, 6.07) is 7.38. The van der Waals surface area contributed by atoms with E-state index in [1.54, 1.807) is 13.2 Å². The number of rotatable bonds is 3. The van der Waals surface area contributed by atoms with Crippen molar-refractivity contribution in [3.8, 4) is 0 Å². The van der Waals surface area contributed by atoms with E-state index in [4.69, 9.17) is 9.47 Å². The van der Waals surface area contributed by atoms with Gasteiger partial charge in [-0.3, -0.25) is 4.90 Å². The Morgan fingerprint density at radius 1 is 1.37 bits per heavy atom. The lowest BCUT2D eigenvalue weighted by Gasteiger charge is -2.38. The van der Waals surface area contributed by atoms with Crippen LogP contribution in [0.4, 0.5) is 4.39 Å². The third-order valence-corrected chi connectivity index (χ3v) is 4.28. The Bertz CT molecular complexity index is 440. The number of fused-ring (bicyclic) bond motifs is 1. The number of benzene rings is 1. The standard InChI is InChI=1S/C15H20FNO2/c1-18-14-7-6-13-15(14)19-9-8-17(13)10-11-4-2-3-5-12(11)16/h2-5,13-15H,6-10H2,1H3/t13-,14-,15+/m1/s1. The van der Waals surface area contributed by atoms with Crippen molar-refractivity contribution in [2.75, 3.05) is 20.3 Å². The molecule has 3 atom stereocenters. The maximum Gasteiger partial charge on any atom is 0.127 e. The highest BCUT2D eigenvalue weighted by atomic mass is 19.1. The molecular weight excluding hydrogens is 245 g/mol. The minimum atomic E-state index is -0.119. The van der Waals surface area contributed by atoms with Gasteiger partial charge in [-0.25, -0.2) is 4.39 Å². The van der Waals surface area contributed by atoms with Crippen molar-refractivity contribution < 1.29 is 13.9 Å². The number of morpholine rings is 1. The summed E-state index contributed by atoms with van der Waals surface area (Å²) < 4.78 is 25.1. The van der Waals surface area contributed by atoms with Crippen LogP contribution >= 0.6 is 0 Å². The molecule has 19 heavy (non-hydrogen) atoms. The van der Waals surface area contributed by atoms with Crippen LogP contribution in [0.3, 0.4) is 0 Å². The Labute approximate surface area is 113 Å². The van der Waals surface area contributed by atoms with E-state index in [2.05, 4.69) is 4.90 Å². The van der Waals surface area contributed by atoms with Crippen LogP contribution in [-0.4, -0.2) is 43.4 Å². The first-order valence-electron chi connectivity index (χ1n) is 6.91. The lowest BCUT2D eigenvalue weighted by atomic mass is 10.1. The van der Waals surface area contributed by atoms with Crippen LogP contribution in [0.5, 0.6) is 0 Å². The van der Waals surface area contributed by atoms with E-state index in [1.807, 2.05) is 12.1 Å². The maximum absolute atomic E-state index is 13.7. The van der Waals surface area contributed by atoms with Gasteiger partial charge >= 0.3 is 0 Å². The lowest BCUT2D eigenvalue weighted by Crippen LogP contribution is -2.51. The number of hydrogen-bond donors (Lipinski definition) is 0. The minimum Gasteiger partial charge on any atom is -0.379 e. The summed E-state index contributed by atoms with van der Waals surface area (Å²) in [6.07, 6.45) is 2.43. The number of hydrogen-bond acceptors (Lipinski definition) is 3. The normalized spacial score (nSPS) is 31.4. The molecule has 0 radical (unpaired) electrons. The molecule has 1 aliphatic carbocycles. The molecule has 104 valence electrons. The third kappa shape index (κ3) is 2.53. The molecule has 0 amide bonds. The smallest absolute Gasteiger partial charge is 0.127 e. The van der Waals surface area contributed by atoms with Gasteiger partial charge in [-0.15, -0.1) is 0 Å². The quantitative estimate of drug-likeness (QED) is 0.836. The van der Waals surface area contributed by atoms with Crippen molar-refractivity contribution in [2.45, 2.75) is 37.6 Å². The molecule has 3 nitrogen and oxygen atoms in total. The van der Waals surface area contributed by atoms with Crippen LogP contribution < -0.4 is 0 Å². The fourth-order valence-electron chi connectivity index (χ4n) is 3.29. The lowest BCUT2D eigenvalue weighted by molar-refractivity contribution is -0.106. The van der Waals surface area contributed by atoms with Gasteiger partial charge in [0.15, 0.2) is 0 Å². The van der Waals surface area contributed by atoms with Gasteiger partial charge in [0.05, 0.1) is 18.8 Å². The summed E-state index contributed by atoms with van der Waals surface area (Å²) in [4.78, 5) is 2.34. The van der Waals surface area contributed by atoms with Gasteiger partial charge in [-0.2, -0.15) is 0 Å².